The predicted octanol–water partition coefficient (Wildman–Crippen LogP) is 1.76. The zero-order valence-corrected chi connectivity index (χ0v) is 14.9. The first kappa shape index (κ1) is 18.3. The number of benzene rings is 1. The smallest absolute Gasteiger partial charge is 0.326 e. The van der Waals surface area contributed by atoms with Crippen LogP contribution in [0.5, 0.6) is 0 Å². The molecular formula is C18H27N3O3. The van der Waals surface area contributed by atoms with E-state index in [1.54, 1.807) is 12.1 Å². The van der Waals surface area contributed by atoms with Crippen LogP contribution in [0.2, 0.25) is 0 Å². The number of likely N-dealkylation sites (N-methyl/N-ethyl adjacent to an activating group) is 1. The van der Waals surface area contributed by atoms with E-state index in [2.05, 4.69) is 23.6 Å². The molecule has 1 aliphatic heterocycles. The summed E-state index contributed by atoms with van der Waals surface area (Å²) in [6, 6.07) is 7.16. The zero-order chi connectivity index (χ0) is 17.9. The van der Waals surface area contributed by atoms with Gasteiger partial charge in [0.2, 0.25) is 0 Å². The van der Waals surface area contributed by atoms with Crippen LogP contribution in [-0.4, -0.2) is 72.1 Å². The number of piperazine rings is 1. The van der Waals surface area contributed by atoms with Crippen molar-refractivity contribution in [2.75, 3.05) is 38.1 Å². The van der Waals surface area contributed by atoms with Crippen molar-refractivity contribution >= 4 is 17.6 Å². The first-order valence-corrected chi connectivity index (χ1v) is 8.40. The fraction of sp³-hybridized carbons (Fsp3) is 0.556. The number of anilines is 1. The molecule has 0 aromatic heterocycles. The van der Waals surface area contributed by atoms with E-state index in [1.807, 2.05) is 12.1 Å². The van der Waals surface area contributed by atoms with Crippen molar-refractivity contribution in [2.45, 2.75) is 32.9 Å². The first-order chi connectivity index (χ1) is 11.3. The van der Waals surface area contributed by atoms with Crippen LogP contribution >= 0.6 is 0 Å². The van der Waals surface area contributed by atoms with Gasteiger partial charge in [0.1, 0.15) is 6.04 Å². The van der Waals surface area contributed by atoms with Gasteiger partial charge in [-0.1, -0.05) is 0 Å². The summed E-state index contributed by atoms with van der Waals surface area (Å²) in [7, 11) is 1.51. The monoisotopic (exact) mass is 333 g/mol. The molecule has 0 aliphatic carbocycles. The number of nitrogens with zero attached hydrogens (tertiary/aromatic N) is 3. The van der Waals surface area contributed by atoms with Crippen LogP contribution in [0.25, 0.3) is 0 Å². The average molecular weight is 333 g/mol. The van der Waals surface area contributed by atoms with Crippen molar-refractivity contribution in [3.05, 3.63) is 29.8 Å². The first-order valence-electron chi connectivity index (χ1n) is 8.40. The highest BCUT2D eigenvalue weighted by Gasteiger charge is 2.23. The number of carbonyl (C=O) groups is 2. The molecule has 24 heavy (non-hydrogen) atoms. The molecule has 1 aromatic rings. The molecule has 1 unspecified atom stereocenters. The molecule has 1 saturated heterocycles. The maximum Gasteiger partial charge on any atom is 0.326 e. The van der Waals surface area contributed by atoms with Crippen LogP contribution in [0.4, 0.5) is 5.69 Å². The Morgan fingerprint density at radius 2 is 1.58 bits per heavy atom. The standard InChI is InChI=1S/C18H27N3O3/c1-13(2)20-9-11-21(12-10-20)16-7-5-15(6-8-16)17(22)19(4)14(3)18(23)24/h5-8,13-14H,9-12H2,1-4H3,(H,23,24). The van der Waals surface area contributed by atoms with Gasteiger partial charge in [-0.05, 0) is 45.0 Å². The molecule has 1 aliphatic rings. The predicted molar refractivity (Wildman–Crippen MR) is 94.6 cm³/mol. The lowest BCUT2D eigenvalue weighted by atomic mass is 10.1. The number of carboxylic acids is 1. The maximum absolute atomic E-state index is 12.3. The second-order valence-corrected chi connectivity index (χ2v) is 6.59. The van der Waals surface area contributed by atoms with Crippen molar-refractivity contribution in [3.8, 4) is 0 Å². The highest BCUT2D eigenvalue weighted by Crippen LogP contribution is 2.19. The molecule has 1 heterocycles. The lowest BCUT2D eigenvalue weighted by Gasteiger charge is -2.38. The van der Waals surface area contributed by atoms with Gasteiger partial charge in [-0.25, -0.2) is 4.79 Å². The Morgan fingerprint density at radius 1 is 1.04 bits per heavy atom. The number of amides is 1. The number of carboxylic acid groups (broad SMARTS) is 1. The van der Waals surface area contributed by atoms with E-state index in [0.29, 0.717) is 11.6 Å². The van der Waals surface area contributed by atoms with Gasteiger partial charge >= 0.3 is 5.97 Å². The van der Waals surface area contributed by atoms with Gasteiger partial charge in [-0.15, -0.1) is 0 Å². The molecule has 2 rings (SSSR count). The molecule has 6 nitrogen and oxygen atoms in total. The Morgan fingerprint density at radius 3 is 2.04 bits per heavy atom. The summed E-state index contributed by atoms with van der Waals surface area (Å²) in [5.74, 6) is -1.29. The molecule has 1 N–H and O–H groups in total. The van der Waals surface area contributed by atoms with E-state index in [1.165, 1.54) is 18.9 Å². The van der Waals surface area contributed by atoms with Gasteiger partial charge in [-0.2, -0.15) is 0 Å². The minimum atomic E-state index is -1.01. The minimum absolute atomic E-state index is 0.277. The van der Waals surface area contributed by atoms with Gasteiger partial charge in [0.15, 0.2) is 0 Å². The molecule has 0 bridgehead atoms. The maximum atomic E-state index is 12.3. The largest absolute Gasteiger partial charge is 0.480 e. The van der Waals surface area contributed by atoms with Crippen LogP contribution in [0, 0.1) is 0 Å². The van der Waals surface area contributed by atoms with Crippen molar-refractivity contribution in [3.63, 3.8) is 0 Å². The fourth-order valence-electron chi connectivity index (χ4n) is 2.86. The Balaban J connectivity index is 2.01. The molecule has 1 amide bonds. The second kappa shape index (κ2) is 7.66. The summed E-state index contributed by atoms with van der Waals surface area (Å²) in [6.45, 7) is 9.95. The molecule has 0 radical (unpaired) electrons. The van der Waals surface area contributed by atoms with Crippen LogP contribution in [0.3, 0.4) is 0 Å². The van der Waals surface area contributed by atoms with E-state index in [-0.39, 0.29) is 5.91 Å². The summed E-state index contributed by atoms with van der Waals surface area (Å²) in [5.41, 5.74) is 1.61. The molecular weight excluding hydrogens is 306 g/mol. The Hall–Kier alpha value is -2.08. The van der Waals surface area contributed by atoms with E-state index in [0.717, 1.165) is 31.9 Å². The lowest BCUT2D eigenvalue weighted by molar-refractivity contribution is -0.141. The zero-order valence-electron chi connectivity index (χ0n) is 14.9. The Labute approximate surface area is 143 Å². The third-order valence-electron chi connectivity index (χ3n) is 4.78. The number of aliphatic carboxylic acids is 1. The quantitative estimate of drug-likeness (QED) is 0.889. The van der Waals surface area contributed by atoms with E-state index < -0.39 is 12.0 Å². The summed E-state index contributed by atoms with van der Waals surface area (Å²) in [5, 5.41) is 9.02. The van der Waals surface area contributed by atoms with Gasteiger partial charge in [0.25, 0.3) is 5.91 Å². The highest BCUT2D eigenvalue weighted by molar-refractivity contribution is 5.96. The van der Waals surface area contributed by atoms with Crippen molar-refractivity contribution in [1.82, 2.24) is 9.80 Å². The average Bonchev–Trinajstić information content (AvgIpc) is 2.60. The number of hydrogen-bond donors (Lipinski definition) is 1. The van der Waals surface area contributed by atoms with Gasteiger partial charge in [0.05, 0.1) is 0 Å². The van der Waals surface area contributed by atoms with E-state index in [4.69, 9.17) is 5.11 Å². The van der Waals surface area contributed by atoms with Crippen LogP contribution in [0.1, 0.15) is 31.1 Å². The molecule has 0 saturated carbocycles. The fourth-order valence-corrected chi connectivity index (χ4v) is 2.86. The molecule has 1 fully saturated rings. The lowest BCUT2D eigenvalue weighted by Crippen LogP contribution is -2.48. The topological polar surface area (TPSA) is 64.1 Å². The minimum Gasteiger partial charge on any atom is -0.480 e. The van der Waals surface area contributed by atoms with Crippen LogP contribution < -0.4 is 4.90 Å². The highest BCUT2D eigenvalue weighted by atomic mass is 16.4. The molecule has 1 atom stereocenters. The van der Waals surface area contributed by atoms with Gasteiger partial charge in [-0.3, -0.25) is 9.69 Å². The summed E-state index contributed by atoms with van der Waals surface area (Å²) in [6.07, 6.45) is 0. The second-order valence-electron chi connectivity index (χ2n) is 6.59. The van der Waals surface area contributed by atoms with Crippen molar-refractivity contribution in [2.24, 2.45) is 0 Å². The Bertz CT molecular complexity index is 578. The third-order valence-corrected chi connectivity index (χ3v) is 4.78. The Kier molecular flexibility index (Phi) is 5.83. The summed E-state index contributed by atoms with van der Waals surface area (Å²) in [4.78, 5) is 29.4. The van der Waals surface area contributed by atoms with Crippen molar-refractivity contribution < 1.29 is 14.7 Å². The summed E-state index contributed by atoms with van der Waals surface area (Å²) < 4.78 is 0. The molecule has 0 spiro atoms. The van der Waals surface area contributed by atoms with Gasteiger partial charge < -0.3 is 14.9 Å². The normalized spacial score (nSPS) is 17.0. The number of rotatable bonds is 5. The third kappa shape index (κ3) is 4.06. The number of carbonyl (C=O) groups excluding carboxylic acids is 1. The van der Waals surface area contributed by atoms with E-state index in [9.17, 15) is 9.59 Å². The van der Waals surface area contributed by atoms with Crippen molar-refractivity contribution in [1.29, 1.82) is 0 Å². The summed E-state index contributed by atoms with van der Waals surface area (Å²) >= 11 is 0. The molecule has 132 valence electrons. The SMILES string of the molecule is CC(C)N1CCN(c2ccc(C(=O)N(C)C(C)C(=O)O)cc2)CC1. The van der Waals surface area contributed by atoms with Gasteiger partial charge in [0, 0.05) is 50.5 Å². The van der Waals surface area contributed by atoms with E-state index >= 15 is 0 Å². The van der Waals surface area contributed by atoms with Crippen LogP contribution in [0.15, 0.2) is 24.3 Å². The molecule has 6 heteroatoms. The molecule has 1 aromatic carbocycles. The van der Waals surface area contributed by atoms with Crippen LogP contribution in [-0.2, 0) is 4.79 Å². The number of hydrogen-bond acceptors (Lipinski definition) is 4.